The zero-order valence-electron chi connectivity index (χ0n) is 20.7. The minimum atomic E-state index is -0.753. The van der Waals surface area contributed by atoms with E-state index in [1.54, 1.807) is 19.1 Å². The Balaban J connectivity index is 2.01. The number of carbonyl (C=O) groups is 3. The molecule has 190 valence electrons. The van der Waals surface area contributed by atoms with Crippen molar-refractivity contribution in [2.24, 2.45) is 0 Å². The molecule has 1 aromatic carbocycles. The Morgan fingerprint density at radius 2 is 1.62 bits per heavy atom. The van der Waals surface area contributed by atoms with E-state index in [-0.39, 0.29) is 68.2 Å². The number of nitrogens with zero attached hydrogens (tertiary/aromatic N) is 2. The second-order valence-corrected chi connectivity index (χ2v) is 7.91. The highest BCUT2D eigenvalue weighted by atomic mass is 16.5. The van der Waals surface area contributed by atoms with Crippen LogP contribution in [0, 0.1) is 6.92 Å². The number of aromatic hydroxyl groups is 1. The van der Waals surface area contributed by atoms with E-state index in [1.807, 2.05) is 0 Å². The first kappa shape index (κ1) is 25.2. The van der Waals surface area contributed by atoms with Gasteiger partial charge in [0.2, 0.25) is 17.3 Å². The van der Waals surface area contributed by atoms with E-state index in [0.717, 1.165) is 6.08 Å². The van der Waals surface area contributed by atoms with E-state index in [2.05, 4.69) is 9.97 Å². The zero-order chi connectivity index (χ0) is 27.0. The van der Waals surface area contributed by atoms with Crippen molar-refractivity contribution in [2.75, 3.05) is 34.2 Å². The summed E-state index contributed by atoms with van der Waals surface area (Å²) in [6.45, 7) is 1.60. The van der Waals surface area contributed by atoms with Crippen LogP contribution < -0.4 is 15.2 Å². The lowest BCUT2D eigenvalue weighted by Gasteiger charge is -2.20. The fraction of sp³-hybridized carbons (Fsp3) is 0.192. The van der Waals surface area contributed by atoms with E-state index in [4.69, 9.17) is 24.7 Å². The van der Waals surface area contributed by atoms with E-state index in [0.29, 0.717) is 5.56 Å². The van der Waals surface area contributed by atoms with Crippen LogP contribution >= 0.6 is 0 Å². The van der Waals surface area contributed by atoms with Gasteiger partial charge < -0.3 is 29.8 Å². The van der Waals surface area contributed by atoms with Crippen LogP contribution in [0.5, 0.6) is 17.2 Å². The molecule has 4 rings (SSSR count). The van der Waals surface area contributed by atoms with Crippen LogP contribution in [0.4, 0.5) is 5.69 Å². The van der Waals surface area contributed by atoms with Crippen molar-refractivity contribution >= 4 is 23.2 Å². The average Bonchev–Trinajstić information content (AvgIpc) is 2.90. The minimum absolute atomic E-state index is 0.0414. The molecule has 11 nitrogen and oxygen atoms in total. The van der Waals surface area contributed by atoms with Gasteiger partial charge in [0.1, 0.15) is 11.4 Å². The van der Waals surface area contributed by atoms with Gasteiger partial charge in [0.15, 0.2) is 23.0 Å². The topological polar surface area (TPSA) is 160 Å². The molecule has 0 fully saturated rings. The van der Waals surface area contributed by atoms with Crippen molar-refractivity contribution in [1.29, 1.82) is 0 Å². The van der Waals surface area contributed by atoms with Gasteiger partial charge in [0.25, 0.3) is 0 Å². The number of hydrogen-bond acceptors (Lipinski definition) is 11. The first-order chi connectivity index (χ1) is 17.7. The quantitative estimate of drug-likeness (QED) is 0.474. The summed E-state index contributed by atoms with van der Waals surface area (Å²) in [5.74, 6) is -1.81. The molecule has 0 unspecified atom stereocenters. The first-order valence-electron chi connectivity index (χ1n) is 10.9. The van der Waals surface area contributed by atoms with Gasteiger partial charge in [-0.3, -0.25) is 9.59 Å². The maximum Gasteiger partial charge on any atom is 0.356 e. The number of nitrogens with two attached hydrogens (primary N) is 1. The molecule has 0 atom stereocenters. The number of Topliss-reactive ketones (excluding diaryl/α,β-unsaturated/α-hetero) is 1. The summed E-state index contributed by atoms with van der Waals surface area (Å²) < 4.78 is 20.4. The largest absolute Gasteiger partial charge is 0.504 e. The molecule has 0 saturated heterocycles. The second kappa shape index (κ2) is 9.61. The standard InChI is InChI=1S/C26H23N3O8/c1-11-18(12-7-9-16(34-2)25(36-4)24(12)32)19(27)22(29-20(11)26(33)37-5)14-8-6-13-21(28-14)15(30)10-17(35-3)23(13)31/h6-10,32H,27H2,1-5H3. The first-order valence-corrected chi connectivity index (χ1v) is 10.9. The number of allylic oxidation sites excluding steroid dienone is 2. The maximum atomic E-state index is 12.7. The number of rotatable bonds is 6. The molecule has 1 aliphatic carbocycles. The third kappa shape index (κ3) is 3.99. The van der Waals surface area contributed by atoms with Crippen LogP contribution in [0.2, 0.25) is 0 Å². The Kier molecular flexibility index (Phi) is 6.54. The molecule has 2 heterocycles. The van der Waals surface area contributed by atoms with Crippen LogP contribution in [-0.2, 0) is 9.47 Å². The number of methoxy groups -OCH3 is 4. The van der Waals surface area contributed by atoms with Crippen molar-refractivity contribution in [3.05, 3.63) is 58.6 Å². The van der Waals surface area contributed by atoms with E-state index in [1.165, 1.54) is 40.6 Å². The van der Waals surface area contributed by atoms with Gasteiger partial charge in [-0.15, -0.1) is 0 Å². The van der Waals surface area contributed by atoms with E-state index in [9.17, 15) is 19.5 Å². The van der Waals surface area contributed by atoms with Gasteiger partial charge in [-0.2, -0.15) is 0 Å². The molecule has 2 aromatic heterocycles. The SMILES string of the molecule is COC(=O)c1nc(-c2ccc3c(n2)C(=O)C=C(OC)C3=O)c(N)c(-c2ccc(OC)c(OC)c2O)c1C. The van der Waals surface area contributed by atoms with Gasteiger partial charge in [0, 0.05) is 17.2 Å². The number of aromatic nitrogens is 2. The van der Waals surface area contributed by atoms with E-state index < -0.39 is 17.5 Å². The van der Waals surface area contributed by atoms with Crippen LogP contribution in [0.3, 0.4) is 0 Å². The Morgan fingerprint density at radius 3 is 2.24 bits per heavy atom. The second-order valence-electron chi connectivity index (χ2n) is 7.91. The molecule has 11 heteroatoms. The fourth-order valence-electron chi connectivity index (χ4n) is 4.14. The maximum absolute atomic E-state index is 12.7. The number of phenols is 1. The lowest BCUT2D eigenvalue weighted by atomic mass is 9.93. The number of fused-ring (bicyclic) bond motifs is 1. The number of ether oxygens (including phenoxy) is 4. The van der Waals surface area contributed by atoms with Crippen LogP contribution in [0.1, 0.15) is 36.9 Å². The van der Waals surface area contributed by atoms with Crippen LogP contribution in [0.15, 0.2) is 36.1 Å². The number of ketones is 2. The van der Waals surface area contributed by atoms with Crippen LogP contribution in [-0.4, -0.2) is 61.0 Å². The fourth-order valence-corrected chi connectivity index (χ4v) is 4.14. The molecule has 0 amide bonds. The lowest BCUT2D eigenvalue weighted by Crippen LogP contribution is -2.20. The molecule has 3 aromatic rings. The third-order valence-electron chi connectivity index (χ3n) is 5.97. The highest BCUT2D eigenvalue weighted by Crippen LogP contribution is 2.47. The summed E-state index contributed by atoms with van der Waals surface area (Å²) in [6.07, 6.45) is 1.06. The minimum Gasteiger partial charge on any atom is -0.504 e. The van der Waals surface area contributed by atoms with Crippen molar-refractivity contribution in [3.63, 3.8) is 0 Å². The van der Waals surface area contributed by atoms with E-state index >= 15 is 0 Å². The summed E-state index contributed by atoms with van der Waals surface area (Å²) in [4.78, 5) is 46.6. The Bertz CT molecular complexity index is 1510. The smallest absolute Gasteiger partial charge is 0.356 e. The average molecular weight is 505 g/mol. The molecule has 0 bridgehead atoms. The summed E-state index contributed by atoms with van der Waals surface area (Å²) in [5, 5.41) is 11.0. The highest BCUT2D eigenvalue weighted by molar-refractivity contribution is 6.23. The number of anilines is 1. The Hall–Kier alpha value is -4.93. The third-order valence-corrected chi connectivity index (χ3v) is 5.97. The molecular formula is C26H23N3O8. The zero-order valence-corrected chi connectivity index (χ0v) is 20.7. The van der Waals surface area contributed by atoms with Crippen molar-refractivity contribution < 1.29 is 38.4 Å². The van der Waals surface area contributed by atoms with Gasteiger partial charge in [0.05, 0.1) is 45.4 Å². The van der Waals surface area contributed by atoms with Gasteiger partial charge >= 0.3 is 5.97 Å². The van der Waals surface area contributed by atoms with Crippen molar-refractivity contribution in [3.8, 4) is 39.8 Å². The molecule has 1 aliphatic rings. The summed E-state index contributed by atoms with van der Waals surface area (Å²) in [7, 11) is 5.29. The highest BCUT2D eigenvalue weighted by Gasteiger charge is 2.30. The van der Waals surface area contributed by atoms with Gasteiger partial charge in [-0.05, 0) is 36.8 Å². The van der Waals surface area contributed by atoms with Gasteiger partial charge in [-0.25, -0.2) is 14.8 Å². The Morgan fingerprint density at radius 1 is 0.919 bits per heavy atom. The number of pyridine rings is 2. The summed E-state index contributed by atoms with van der Waals surface area (Å²) in [6, 6.07) is 6.00. The predicted octanol–water partition coefficient (Wildman–Crippen LogP) is 3.12. The molecular weight excluding hydrogens is 482 g/mol. The molecule has 3 N–H and O–H groups in total. The number of hydrogen-bond donors (Lipinski definition) is 2. The normalized spacial score (nSPS) is 12.5. The summed E-state index contributed by atoms with van der Waals surface area (Å²) >= 11 is 0. The molecule has 37 heavy (non-hydrogen) atoms. The number of nitrogen functional groups attached to an aromatic ring is 1. The number of phenolic OH excluding ortho intramolecular Hbond substituents is 1. The molecule has 0 spiro atoms. The van der Waals surface area contributed by atoms with Crippen molar-refractivity contribution in [2.45, 2.75) is 6.92 Å². The molecule has 0 aliphatic heterocycles. The monoisotopic (exact) mass is 505 g/mol. The number of esters is 1. The van der Waals surface area contributed by atoms with Crippen LogP contribution in [0.25, 0.3) is 22.5 Å². The molecule has 0 saturated carbocycles. The predicted molar refractivity (Wildman–Crippen MR) is 132 cm³/mol. The van der Waals surface area contributed by atoms with Crippen molar-refractivity contribution in [1.82, 2.24) is 9.97 Å². The van der Waals surface area contributed by atoms with Gasteiger partial charge in [-0.1, -0.05) is 0 Å². The molecule has 0 radical (unpaired) electrons. The lowest BCUT2D eigenvalue weighted by molar-refractivity contribution is 0.0593. The number of carbonyl (C=O) groups excluding carboxylic acids is 3. The number of benzene rings is 1. The summed E-state index contributed by atoms with van der Waals surface area (Å²) in [5.41, 5.74) is 7.47. The Labute approximate surface area is 211 Å².